The zero-order valence-electron chi connectivity index (χ0n) is 11.6. The second kappa shape index (κ2) is 7.58. The third-order valence-electron chi connectivity index (χ3n) is 2.66. The molecule has 6 nitrogen and oxygen atoms in total. The predicted octanol–water partition coefficient (Wildman–Crippen LogP) is 0.579. The number of hydrazone groups is 1. The van der Waals surface area contributed by atoms with Crippen LogP contribution in [0.1, 0.15) is 15.9 Å². The Balaban J connectivity index is 1.79. The van der Waals surface area contributed by atoms with E-state index in [4.69, 9.17) is 4.74 Å². The van der Waals surface area contributed by atoms with Gasteiger partial charge in [-0.15, -0.1) is 0 Å². The van der Waals surface area contributed by atoms with E-state index in [0.717, 1.165) is 0 Å². The van der Waals surface area contributed by atoms with Crippen molar-refractivity contribution in [2.24, 2.45) is 5.10 Å². The average molecular weight is 297 g/mol. The molecule has 6 heteroatoms. The molecule has 1 N–H and O–H groups in total. The summed E-state index contributed by atoms with van der Waals surface area (Å²) in [5, 5.41) is 14.3. The Labute approximate surface area is 127 Å². The summed E-state index contributed by atoms with van der Waals surface area (Å²) in [5.74, 6) is -1.04. The number of carbonyl (C=O) groups excluding carboxylic acids is 2. The molecule has 0 atom stereocenters. The smallest absolute Gasteiger partial charge is 0.277 e. The van der Waals surface area contributed by atoms with Gasteiger partial charge in [0.05, 0.1) is 12.2 Å². The highest BCUT2D eigenvalue weighted by atomic mass is 16.5. The minimum atomic E-state index is -1.24. The number of carboxylic acids is 1. The van der Waals surface area contributed by atoms with Gasteiger partial charge >= 0.3 is 0 Å². The number of rotatable bonds is 6. The summed E-state index contributed by atoms with van der Waals surface area (Å²) >= 11 is 0. The zero-order valence-corrected chi connectivity index (χ0v) is 11.6. The fourth-order valence-corrected chi connectivity index (χ4v) is 1.58. The maximum Gasteiger partial charge on any atom is 0.277 e. The van der Waals surface area contributed by atoms with E-state index in [0.29, 0.717) is 11.3 Å². The molecule has 0 spiro atoms. The molecule has 0 aliphatic carbocycles. The molecule has 0 heterocycles. The Bertz CT molecular complexity index is 666. The summed E-state index contributed by atoms with van der Waals surface area (Å²) in [6.45, 7) is -0.148. The van der Waals surface area contributed by atoms with E-state index in [1.54, 1.807) is 24.3 Å². The Hall–Kier alpha value is -3.15. The Morgan fingerprint density at radius 2 is 1.77 bits per heavy atom. The Morgan fingerprint density at radius 3 is 2.41 bits per heavy atom. The van der Waals surface area contributed by atoms with Crippen LogP contribution in [0.25, 0.3) is 0 Å². The first-order chi connectivity index (χ1) is 10.6. The van der Waals surface area contributed by atoms with Gasteiger partial charge in [0.25, 0.3) is 5.91 Å². The Kier molecular flexibility index (Phi) is 5.25. The number of amides is 1. The number of hydrogen-bond donors (Lipinski definition) is 1. The number of nitrogens with one attached hydrogen (secondary N) is 1. The van der Waals surface area contributed by atoms with Crippen LogP contribution in [0.4, 0.5) is 0 Å². The predicted molar refractivity (Wildman–Crippen MR) is 78.4 cm³/mol. The van der Waals surface area contributed by atoms with Crippen molar-refractivity contribution in [3.63, 3.8) is 0 Å². The molecule has 0 aromatic heterocycles. The standard InChI is InChI=1S/C16H14N2O4/c19-15(11-22-14-4-2-1-3-5-14)18-17-10-12-6-8-13(9-7-12)16(20)21/h1-10H,11H2,(H,18,19)(H,20,21)/p-1. The third-order valence-corrected chi connectivity index (χ3v) is 2.66. The lowest BCUT2D eigenvalue weighted by Crippen LogP contribution is -2.24. The molecule has 2 aromatic rings. The first-order valence-corrected chi connectivity index (χ1v) is 6.46. The van der Waals surface area contributed by atoms with Crippen molar-refractivity contribution in [1.82, 2.24) is 5.43 Å². The maximum absolute atomic E-state index is 11.5. The van der Waals surface area contributed by atoms with E-state index in [1.807, 2.05) is 18.2 Å². The molecule has 0 radical (unpaired) electrons. The molecule has 1 amide bonds. The number of hydrogen-bond acceptors (Lipinski definition) is 5. The van der Waals surface area contributed by atoms with E-state index in [2.05, 4.69) is 10.5 Å². The molecule has 0 saturated heterocycles. The second-order valence-electron chi connectivity index (χ2n) is 4.30. The van der Waals surface area contributed by atoms with Crippen molar-refractivity contribution >= 4 is 18.1 Å². The van der Waals surface area contributed by atoms with Gasteiger partial charge in [-0.1, -0.05) is 42.5 Å². The topological polar surface area (TPSA) is 90.8 Å². The summed E-state index contributed by atoms with van der Waals surface area (Å²) < 4.78 is 5.25. The van der Waals surface area contributed by atoms with Gasteiger partial charge in [-0.3, -0.25) is 4.79 Å². The number of para-hydroxylation sites is 1. The number of ether oxygens (including phenoxy) is 1. The number of benzene rings is 2. The van der Waals surface area contributed by atoms with Gasteiger partial charge in [-0.2, -0.15) is 5.10 Å². The molecule has 22 heavy (non-hydrogen) atoms. The van der Waals surface area contributed by atoms with Crippen molar-refractivity contribution in [3.05, 3.63) is 65.7 Å². The SMILES string of the molecule is O=C(COc1ccccc1)NN=Cc1ccc(C(=O)[O-])cc1. The van der Waals surface area contributed by atoms with Gasteiger partial charge in [0.15, 0.2) is 6.61 Å². The van der Waals surface area contributed by atoms with Crippen molar-refractivity contribution in [3.8, 4) is 5.75 Å². The molecule has 0 aliphatic heterocycles. The molecule has 0 bridgehead atoms. The van der Waals surface area contributed by atoms with Crippen molar-refractivity contribution < 1.29 is 19.4 Å². The molecular weight excluding hydrogens is 284 g/mol. The summed E-state index contributed by atoms with van der Waals surface area (Å²) in [5.41, 5.74) is 3.04. The van der Waals surface area contributed by atoms with Crippen molar-refractivity contribution in [2.75, 3.05) is 6.61 Å². The van der Waals surface area contributed by atoms with Gasteiger partial charge in [0.1, 0.15) is 5.75 Å². The van der Waals surface area contributed by atoms with Gasteiger partial charge in [0.2, 0.25) is 0 Å². The fourth-order valence-electron chi connectivity index (χ4n) is 1.58. The Morgan fingerprint density at radius 1 is 1.09 bits per heavy atom. The minimum Gasteiger partial charge on any atom is -0.545 e. The molecule has 2 aromatic carbocycles. The molecule has 0 unspecified atom stereocenters. The second-order valence-corrected chi connectivity index (χ2v) is 4.30. The zero-order chi connectivity index (χ0) is 15.8. The first-order valence-electron chi connectivity index (χ1n) is 6.46. The van der Waals surface area contributed by atoms with Crippen molar-refractivity contribution in [2.45, 2.75) is 0 Å². The number of carbonyl (C=O) groups is 2. The van der Waals surface area contributed by atoms with Gasteiger partial charge < -0.3 is 14.6 Å². The highest BCUT2D eigenvalue weighted by Crippen LogP contribution is 2.07. The largest absolute Gasteiger partial charge is 0.545 e. The quantitative estimate of drug-likeness (QED) is 0.623. The van der Waals surface area contributed by atoms with Crippen molar-refractivity contribution in [1.29, 1.82) is 0 Å². The van der Waals surface area contributed by atoms with Crippen LogP contribution in [0.15, 0.2) is 59.7 Å². The number of aromatic carboxylic acids is 1. The molecule has 112 valence electrons. The molecule has 0 fully saturated rings. The van der Waals surface area contributed by atoms with Gasteiger partial charge in [-0.25, -0.2) is 5.43 Å². The van der Waals surface area contributed by atoms with Crippen LogP contribution in [-0.4, -0.2) is 24.7 Å². The summed E-state index contributed by atoms with van der Waals surface area (Å²) in [4.78, 5) is 22.1. The molecule has 2 rings (SSSR count). The molecule has 0 aliphatic rings. The first kappa shape index (κ1) is 15.2. The van der Waals surface area contributed by atoms with Crippen LogP contribution in [0.2, 0.25) is 0 Å². The van der Waals surface area contributed by atoms with E-state index < -0.39 is 11.9 Å². The van der Waals surface area contributed by atoms with Crippen LogP contribution in [0.3, 0.4) is 0 Å². The fraction of sp³-hybridized carbons (Fsp3) is 0.0625. The number of nitrogens with zero attached hydrogens (tertiary/aromatic N) is 1. The summed E-state index contributed by atoms with van der Waals surface area (Å²) in [6.07, 6.45) is 1.40. The van der Waals surface area contributed by atoms with E-state index in [9.17, 15) is 14.7 Å². The lowest BCUT2D eigenvalue weighted by molar-refractivity contribution is -0.255. The lowest BCUT2D eigenvalue weighted by Gasteiger charge is -2.04. The maximum atomic E-state index is 11.5. The third kappa shape index (κ3) is 4.75. The van der Waals surface area contributed by atoms with Crippen LogP contribution in [0, 0.1) is 0 Å². The monoisotopic (exact) mass is 297 g/mol. The van der Waals surface area contributed by atoms with E-state index in [1.165, 1.54) is 18.3 Å². The normalized spacial score (nSPS) is 10.4. The highest BCUT2D eigenvalue weighted by molar-refractivity contribution is 5.88. The lowest BCUT2D eigenvalue weighted by atomic mass is 10.1. The molecule has 0 saturated carbocycles. The van der Waals surface area contributed by atoms with Crippen LogP contribution in [-0.2, 0) is 4.79 Å². The van der Waals surface area contributed by atoms with Crippen LogP contribution < -0.4 is 15.3 Å². The van der Waals surface area contributed by atoms with Crippen LogP contribution in [0.5, 0.6) is 5.75 Å². The van der Waals surface area contributed by atoms with Gasteiger partial charge in [-0.05, 0) is 23.3 Å². The number of carboxylic acid groups (broad SMARTS) is 1. The van der Waals surface area contributed by atoms with Gasteiger partial charge in [0, 0.05) is 0 Å². The minimum absolute atomic E-state index is 0.0810. The molecular formula is C16H13N2O4-. The summed E-state index contributed by atoms with van der Waals surface area (Å²) in [7, 11) is 0. The van der Waals surface area contributed by atoms with E-state index in [-0.39, 0.29) is 12.2 Å². The van der Waals surface area contributed by atoms with E-state index >= 15 is 0 Å². The van der Waals surface area contributed by atoms with Crippen LogP contribution >= 0.6 is 0 Å². The summed E-state index contributed by atoms with van der Waals surface area (Å²) in [6, 6.07) is 14.9. The average Bonchev–Trinajstić information content (AvgIpc) is 2.54. The highest BCUT2D eigenvalue weighted by Gasteiger charge is 2.00.